The highest BCUT2D eigenvalue weighted by atomic mass is 19.1. The van der Waals surface area contributed by atoms with Crippen LogP contribution in [0.4, 0.5) is 4.39 Å². The first-order valence-corrected chi connectivity index (χ1v) is 8.76. The molecule has 0 radical (unpaired) electrons. The molecule has 1 aliphatic carbocycles. The molecule has 4 nitrogen and oxygen atoms in total. The number of imidazole rings is 1. The number of hydrogen-bond acceptors (Lipinski definition) is 2. The third-order valence-electron chi connectivity index (χ3n) is 4.81. The minimum absolute atomic E-state index is 0.00161. The smallest absolute Gasteiger partial charge is 0.224 e. The van der Waals surface area contributed by atoms with Crippen molar-refractivity contribution >= 4 is 5.91 Å². The Labute approximate surface area is 151 Å². The molecule has 0 saturated heterocycles. The number of halogens is 1. The van der Waals surface area contributed by atoms with Crippen LogP contribution < -0.4 is 5.32 Å². The molecule has 1 aliphatic rings. The van der Waals surface area contributed by atoms with Gasteiger partial charge in [0.05, 0.1) is 6.33 Å². The summed E-state index contributed by atoms with van der Waals surface area (Å²) in [6.07, 6.45) is 6.17. The Morgan fingerprint density at radius 3 is 2.85 bits per heavy atom. The lowest BCUT2D eigenvalue weighted by molar-refractivity contribution is -0.122. The van der Waals surface area contributed by atoms with Crippen LogP contribution >= 0.6 is 0 Å². The van der Waals surface area contributed by atoms with Crippen molar-refractivity contribution in [1.29, 1.82) is 0 Å². The number of rotatable bonds is 6. The zero-order valence-corrected chi connectivity index (χ0v) is 14.3. The molecule has 1 saturated carbocycles. The quantitative estimate of drug-likeness (QED) is 0.740. The minimum Gasteiger partial charge on any atom is -0.352 e. The summed E-state index contributed by atoms with van der Waals surface area (Å²) in [5.74, 6) is -0.344. The van der Waals surface area contributed by atoms with Crippen LogP contribution in [0.5, 0.6) is 0 Å². The van der Waals surface area contributed by atoms with E-state index < -0.39 is 0 Å². The number of nitrogens with zero attached hydrogens (tertiary/aromatic N) is 2. The molecule has 1 amide bonds. The number of carbonyl (C=O) groups excluding carboxylic acids is 1. The second-order valence-electron chi connectivity index (χ2n) is 6.74. The second-order valence-corrected chi connectivity index (χ2v) is 6.74. The first-order chi connectivity index (χ1) is 12.7. The van der Waals surface area contributed by atoms with Crippen LogP contribution in [0.2, 0.25) is 0 Å². The monoisotopic (exact) mass is 349 g/mol. The maximum absolute atomic E-state index is 13.8. The standard InChI is InChI=1S/C21H20FN3O/c22-20-7-2-1-6-17(20)18-11-19(18)21(26)24-12-15-4-3-5-16(10-15)13-25-9-8-23-14-25/h1-10,14,18-19H,11-13H2,(H,24,26)/t18-,19-/m1/s1. The Balaban J connectivity index is 1.33. The zero-order valence-electron chi connectivity index (χ0n) is 14.3. The predicted octanol–water partition coefficient (Wildman–Crippen LogP) is 3.49. The van der Waals surface area contributed by atoms with E-state index in [4.69, 9.17) is 0 Å². The number of carbonyl (C=O) groups is 1. The average molecular weight is 349 g/mol. The molecule has 2 aromatic carbocycles. The Kier molecular flexibility index (Phi) is 4.52. The van der Waals surface area contributed by atoms with E-state index in [-0.39, 0.29) is 23.6 Å². The summed E-state index contributed by atoms with van der Waals surface area (Å²) >= 11 is 0. The molecule has 132 valence electrons. The predicted molar refractivity (Wildman–Crippen MR) is 96.9 cm³/mol. The summed E-state index contributed by atoms with van der Waals surface area (Å²) in [6, 6.07) is 14.8. The molecular weight excluding hydrogens is 329 g/mol. The maximum Gasteiger partial charge on any atom is 0.224 e. The van der Waals surface area contributed by atoms with Crippen molar-refractivity contribution in [2.75, 3.05) is 0 Å². The van der Waals surface area contributed by atoms with Gasteiger partial charge in [-0.25, -0.2) is 9.37 Å². The first-order valence-electron chi connectivity index (χ1n) is 8.76. The molecule has 0 bridgehead atoms. The van der Waals surface area contributed by atoms with Crippen LogP contribution in [0.15, 0.2) is 67.3 Å². The molecule has 3 aromatic rings. The highest BCUT2D eigenvalue weighted by Crippen LogP contribution is 2.48. The fraction of sp³-hybridized carbons (Fsp3) is 0.238. The minimum atomic E-state index is -0.222. The molecule has 1 aromatic heterocycles. The first kappa shape index (κ1) is 16.5. The molecule has 1 N–H and O–H groups in total. The van der Waals surface area contributed by atoms with Crippen LogP contribution in [0.25, 0.3) is 0 Å². The van der Waals surface area contributed by atoms with Crippen molar-refractivity contribution in [2.45, 2.75) is 25.4 Å². The van der Waals surface area contributed by atoms with Gasteiger partial charge in [0, 0.05) is 31.4 Å². The number of hydrogen-bond donors (Lipinski definition) is 1. The summed E-state index contributed by atoms with van der Waals surface area (Å²) in [7, 11) is 0. The SMILES string of the molecule is O=C(NCc1cccc(Cn2ccnc2)c1)[C@@H]1C[C@@H]1c1ccccc1F. The Morgan fingerprint density at radius 1 is 1.19 bits per heavy atom. The van der Waals surface area contributed by atoms with E-state index in [0.29, 0.717) is 18.5 Å². The van der Waals surface area contributed by atoms with Gasteiger partial charge >= 0.3 is 0 Å². The lowest BCUT2D eigenvalue weighted by Crippen LogP contribution is -2.25. The van der Waals surface area contributed by atoms with Gasteiger partial charge in [-0.3, -0.25) is 4.79 Å². The molecule has 1 heterocycles. The van der Waals surface area contributed by atoms with Crippen LogP contribution in [0.1, 0.15) is 29.0 Å². The van der Waals surface area contributed by atoms with E-state index in [1.807, 2.05) is 29.0 Å². The van der Waals surface area contributed by atoms with Gasteiger partial charge in [-0.1, -0.05) is 42.5 Å². The van der Waals surface area contributed by atoms with E-state index in [2.05, 4.69) is 22.4 Å². The van der Waals surface area contributed by atoms with Crippen molar-refractivity contribution in [1.82, 2.24) is 14.9 Å². The Bertz CT molecular complexity index is 907. The van der Waals surface area contributed by atoms with Gasteiger partial charge in [-0.05, 0) is 35.1 Å². The number of aromatic nitrogens is 2. The van der Waals surface area contributed by atoms with Gasteiger partial charge in [0.25, 0.3) is 0 Å². The van der Waals surface area contributed by atoms with E-state index in [1.165, 1.54) is 6.07 Å². The summed E-state index contributed by atoms with van der Waals surface area (Å²) in [4.78, 5) is 16.4. The van der Waals surface area contributed by atoms with Crippen molar-refractivity contribution in [3.63, 3.8) is 0 Å². The van der Waals surface area contributed by atoms with Crippen LogP contribution in [-0.2, 0) is 17.9 Å². The third kappa shape index (κ3) is 3.67. The zero-order chi connectivity index (χ0) is 17.9. The maximum atomic E-state index is 13.8. The molecule has 26 heavy (non-hydrogen) atoms. The normalized spacial score (nSPS) is 18.5. The number of benzene rings is 2. The molecule has 0 unspecified atom stereocenters. The lowest BCUT2D eigenvalue weighted by atomic mass is 10.1. The van der Waals surface area contributed by atoms with Gasteiger partial charge in [-0.15, -0.1) is 0 Å². The van der Waals surface area contributed by atoms with E-state index in [9.17, 15) is 9.18 Å². The average Bonchev–Trinajstić information content (AvgIpc) is 3.28. The van der Waals surface area contributed by atoms with Crippen LogP contribution in [0.3, 0.4) is 0 Å². The molecule has 4 rings (SSSR count). The van der Waals surface area contributed by atoms with Crippen molar-refractivity contribution in [2.24, 2.45) is 5.92 Å². The largest absolute Gasteiger partial charge is 0.352 e. The number of nitrogens with one attached hydrogen (secondary N) is 1. The van der Waals surface area contributed by atoms with E-state index >= 15 is 0 Å². The van der Waals surface area contributed by atoms with Gasteiger partial charge in [0.15, 0.2) is 0 Å². The molecule has 5 heteroatoms. The van der Waals surface area contributed by atoms with Crippen molar-refractivity contribution < 1.29 is 9.18 Å². The summed E-state index contributed by atoms with van der Waals surface area (Å²) in [6.45, 7) is 1.23. The highest BCUT2D eigenvalue weighted by Gasteiger charge is 2.44. The van der Waals surface area contributed by atoms with Gasteiger partial charge in [0.1, 0.15) is 5.82 Å². The summed E-state index contributed by atoms with van der Waals surface area (Å²) in [5.41, 5.74) is 2.86. The van der Waals surface area contributed by atoms with E-state index in [0.717, 1.165) is 17.7 Å². The molecule has 1 fully saturated rings. The van der Waals surface area contributed by atoms with Gasteiger partial charge in [0.2, 0.25) is 5.91 Å². The van der Waals surface area contributed by atoms with Crippen molar-refractivity contribution in [3.05, 3.63) is 89.8 Å². The second kappa shape index (κ2) is 7.12. The molecular formula is C21H20FN3O. The fourth-order valence-electron chi connectivity index (χ4n) is 3.35. The van der Waals surface area contributed by atoms with Gasteiger partial charge in [-0.2, -0.15) is 0 Å². The Hall–Kier alpha value is -2.95. The van der Waals surface area contributed by atoms with Gasteiger partial charge < -0.3 is 9.88 Å². The Morgan fingerprint density at radius 2 is 2.04 bits per heavy atom. The van der Waals surface area contributed by atoms with Crippen molar-refractivity contribution in [3.8, 4) is 0 Å². The molecule has 0 spiro atoms. The topological polar surface area (TPSA) is 46.9 Å². The highest BCUT2D eigenvalue weighted by molar-refractivity contribution is 5.82. The molecule has 2 atom stereocenters. The lowest BCUT2D eigenvalue weighted by Gasteiger charge is -2.08. The van der Waals surface area contributed by atoms with Crippen LogP contribution in [-0.4, -0.2) is 15.5 Å². The summed E-state index contributed by atoms with van der Waals surface area (Å²) in [5, 5.41) is 2.99. The molecule has 0 aliphatic heterocycles. The number of amides is 1. The third-order valence-corrected chi connectivity index (χ3v) is 4.81. The van der Waals surface area contributed by atoms with E-state index in [1.54, 1.807) is 24.7 Å². The fourth-order valence-corrected chi connectivity index (χ4v) is 3.35. The van der Waals surface area contributed by atoms with Crippen LogP contribution in [0, 0.1) is 11.7 Å². The summed E-state index contributed by atoms with van der Waals surface area (Å²) < 4.78 is 15.8.